The van der Waals surface area contributed by atoms with Gasteiger partial charge in [0.1, 0.15) is 0 Å². The van der Waals surface area contributed by atoms with Crippen molar-refractivity contribution >= 4 is 22.1 Å². The Morgan fingerprint density at radius 1 is 1.64 bits per heavy atom. The van der Waals surface area contributed by atoms with Crippen molar-refractivity contribution in [2.45, 2.75) is 0 Å². The van der Waals surface area contributed by atoms with Gasteiger partial charge >= 0.3 is 0 Å². The molecule has 1 aromatic heterocycles. The average Bonchev–Trinajstić information content (AvgIpc) is 2.01. The lowest BCUT2D eigenvalue weighted by atomic mass is 10.3. The van der Waals surface area contributed by atoms with Crippen LogP contribution >= 0.6 is 15.9 Å². The molecule has 11 heavy (non-hydrogen) atoms. The number of halogens is 1. The van der Waals surface area contributed by atoms with Gasteiger partial charge in [0.05, 0.1) is 0 Å². The highest BCUT2D eigenvalue weighted by atomic mass is 79.9. The van der Waals surface area contributed by atoms with Crippen molar-refractivity contribution in [3.05, 3.63) is 28.5 Å². The fraction of sp³-hybridized carbons (Fsp3) is 0. The van der Waals surface area contributed by atoms with Crippen LogP contribution in [0, 0.1) is 11.5 Å². The zero-order chi connectivity index (χ0) is 8.10. The highest BCUT2D eigenvalue weighted by Crippen LogP contribution is 2.07. The largest absolute Gasteiger partial charge is 0.263 e. The average molecular weight is 210 g/mol. The van der Waals surface area contributed by atoms with Crippen molar-refractivity contribution in [1.82, 2.24) is 4.98 Å². The Labute approximate surface area is 72.5 Å². The number of rotatable bonds is 1. The lowest BCUT2D eigenvalue weighted by molar-refractivity contribution is 1.30. The van der Waals surface area contributed by atoms with E-state index in [-0.39, 0.29) is 0 Å². The lowest BCUT2D eigenvalue weighted by Crippen LogP contribution is -1.81. The van der Waals surface area contributed by atoms with Gasteiger partial charge in [-0.15, -0.1) is 0 Å². The van der Waals surface area contributed by atoms with E-state index in [0.717, 1.165) is 10.0 Å². The molecule has 0 amide bonds. The molecule has 0 N–H and O–H groups in total. The highest BCUT2D eigenvalue weighted by Gasteiger charge is 1.88. The zero-order valence-electron chi connectivity index (χ0n) is 5.53. The SMILES string of the molecule is N#CN=Cc1cncc(Br)c1. The van der Waals surface area contributed by atoms with Gasteiger partial charge in [0.15, 0.2) is 0 Å². The second-order valence-electron chi connectivity index (χ2n) is 1.79. The first-order valence-corrected chi connectivity index (χ1v) is 3.65. The summed E-state index contributed by atoms with van der Waals surface area (Å²) in [5, 5.41) is 8.12. The highest BCUT2D eigenvalue weighted by molar-refractivity contribution is 9.10. The molecule has 1 aromatic rings. The van der Waals surface area contributed by atoms with Crippen LogP contribution < -0.4 is 0 Å². The normalized spacial score (nSPS) is 9.82. The number of hydrogen-bond donors (Lipinski definition) is 0. The molecular weight excluding hydrogens is 206 g/mol. The number of aromatic nitrogens is 1. The van der Waals surface area contributed by atoms with Crippen LogP contribution in [-0.2, 0) is 0 Å². The Hall–Kier alpha value is -1.21. The number of pyridine rings is 1. The molecule has 0 aliphatic heterocycles. The van der Waals surface area contributed by atoms with Gasteiger partial charge in [-0.25, -0.2) is 0 Å². The van der Waals surface area contributed by atoms with E-state index in [1.807, 2.05) is 6.07 Å². The number of nitrogens with zero attached hydrogens (tertiary/aromatic N) is 3. The molecule has 0 saturated carbocycles. The number of hydrogen-bond acceptors (Lipinski definition) is 3. The van der Waals surface area contributed by atoms with E-state index in [2.05, 4.69) is 25.9 Å². The molecule has 0 radical (unpaired) electrons. The third-order valence-corrected chi connectivity index (χ3v) is 1.43. The first-order valence-electron chi connectivity index (χ1n) is 2.85. The fourth-order valence-electron chi connectivity index (χ4n) is 0.602. The predicted molar refractivity (Wildman–Crippen MR) is 45.1 cm³/mol. The Bertz CT molecular complexity index is 314. The summed E-state index contributed by atoms with van der Waals surface area (Å²) in [6.07, 6.45) is 6.42. The summed E-state index contributed by atoms with van der Waals surface area (Å²) < 4.78 is 0.874. The summed E-state index contributed by atoms with van der Waals surface area (Å²) in [5.74, 6) is 0. The molecule has 0 aromatic carbocycles. The van der Waals surface area contributed by atoms with E-state index in [4.69, 9.17) is 5.26 Å². The molecule has 0 aliphatic rings. The smallest absolute Gasteiger partial charge is 0.205 e. The summed E-state index contributed by atoms with van der Waals surface area (Å²) in [7, 11) is 0. The van der Waals surface area contributed by atoms with Gasteiger partial charge in [0.25, 0.3) is 0 Å². The second-order valence-corrected chi connectivity index (χ2v) is 2.71. The summed E-state index contributed by atoms with van der Waals surface area (Å²) in [5.41, 5.74) is 0.806. The fourth-order valence-corrected chi connectivity index (χ4v) is 0.985. The Morgan fingerprint density at radius 3 is 3.09 bits per heavy atom. The van der Waals surface area contributed by atoms with Gasteiger partial charge in [-0.1, -0.05) is 0 Å². The lowest BCUT2D eigenvalue weighted by Gasteiger charge is -1.89. The van der Waals surface area contributed by atoms with Gasteiger partial charge in [-0.3, -0.25) is 4.98 Å². The van der Waals surface area contributed by atoms with Crippen LogP contribution in [0.3, 0.4) is 0 Å². The Kier molecular flexibility index (Phi) is 2.75. The molecule has 0 saturated heterocycles. The van der Waals surface area contributed by atoms with E-state index in [1.54, 1.807) is 18.6 Å². The minimum absolute atomic E-state index is 0.806. The van der Waals surface area contributed by atoms with Crippen LogP contribution in [0.4, 0.5) is 0 Å². The van der Waals surface area contributed by atoms with Crippen LogP contribution in [0.2, 0.25) is 0 Å². The second kappa shape index (κ2) is 3.84. The minimum atomic E-state index is 0.806. The maximum absolute atomic E-state index is 8.12. The van der Waals surface area contributed by atoms with Gasteiger partial charge in [-0.05, 0) is 22.0 Å². The molecule has 0 bridgehead atoms. The van der Waals surface area contributed by atoms with E-state index in [9.17, 15) is 0 Å². The molecule has 0 atom stereocenters. The first-order chi connectivity index (χ1) is 5.33. The molecule has 1 rings (SSSR count). The molecular formula is C7H4BrN3. The summed E-state index contributed by atoms with van der Waals surface area (Å²) in [6, 6.07) is 1.83. The van der Waals surface area contributed by atoms with Crippen LogP contribution in [-0.4, -0.2) is 11.2 Å². The Morgan fingerprint density at radius 2 is 2.45 bits per heavy atom. The van der Waals surface area contributed by atoms with Gasteiger partial charge in [0.2, 0.25) is 6.19 Å². The van der Waals surface area contributed by atoms with E-state index >= 15 is 0 Å². The molecule has 4 heteroatoms. The molecule has 0 aliphatic carbocycles. The van der Waals surface area contributed by atoms with Crippen molar-refractivity contribution in [2.75, 3.05) is 0 Å². The van der Waals surface area contributed by atoms with Crippen molar-refractivity contribution in [1.29, 1.82) is 5.26 Å². The topological polar surface area (TPSA) is 49.0 Å². The van der Waals surface area contributed by atoms with E-state index in [0.29, 0.717) is 0 Å². The predicted octanol–water partition coefficient (Wildman–Crippen LogP) is 1.74. The van der Waals surface area contributed by atoms with Gasteiger partial charge in [-0.2, -0.15) is 10.3 Å². The van der Waals surface area contributed by atoms with Crippen LogP contribution in [0.25, 0.3) is 0 Å². The zero-order valence-corrected chi connectivity index (χ0v) is 7.12. The third-order valence-electron chi connectivity index (χ3n) is 0.997. The summed E-state index contributed by atoms with van der Waals surface area (Å²) in [4.78, 5) is 7.29. The first kappa shape index (κ1) is 7.89. The van der Waals surface area contributed by atoms with Crippen molar-refractivity contribution in [3.8, 4) is 6.19 Å². The van der Waals surface area contributed by atoms with Crippen LogP contribution in [0.1, 0.15) is 5.56 Å². The van der Waals surface area contributed by atoms with Crippen molar-refractivity contribution < 1.29 is 0 Å². The van der Waals surface area contributed by atoms with Gasteiger partial charge < -0.3 is 0 Å². The molecule has 3 nitrogen and oxygen atoms in total. The van der Waals surface area contributed by atoms with Crippen molar-refractivity contribution in [2.24, 2.45) is 4.99 Å². The maximum atomic E-state index is 8.12. The monoisotopic (exact) mass is 209 g/mol. The molecule has 0 fully saturated rings. The third kappa shape index (κ3) is 2.48. The van der Waals surface area contributed by atoms with E-state index in [1.165, 1.54) is 6.21 Å². The summed E-state index contributed by atoms with van der Waals surface area (Å²) in [6.45, 7) is 0. The van der Waals surface area contributed by atoms with E-state index < -0.39 is 0 Å². The number of nitriles is 1. The molecule has 0 spiro atoms. The molecule has 1 heterocycles. The quantitative estimate of drug-likeness (QED) is 0.523. The number of aliphatic imine (C=N–C) groups is 1. The van der Waals surface area contributed by atoms with Crippen LogP contribution in [0.5, 0.6) is 0 Å². The molecule has 54 valence electrons. The summed E-state index contributed by atoms with van der Waals surface area (Å²) >= 11 is 3.25. The molecule has 0 unspecified atom stereocenters. The van der Waals surface area contributed by atoms with Gasteiger partial charge in [0, 0.05) is 28.6 Å². The maximum Gasteiger partial charge on any atom is 0.205 e. The van der Waals surface area contributed by atoms with Crippen molar-refractivity contribution in [3.63, 3.8) is 0 Å². The standard InChI is InChI=1S/C7H4BrN3/c8-7-1-6(2-10-4-7)3-11-5-9/h1-4H. The minimum Gasteiger partial charge on any atom is -0.263 e. The van der Waals surface area contributed by atoms with Crippen LogP contribution in [0.15, 0.2) is 27.9 Å². The Balaban J connectivity index is 2.90.